The SMILES string of the molecule is O=C1CC[C@H]2[C@@H]1[C@@H]2c1ccccc1. The number of hydrogen-bond acceptors (Lipinski definition) is 1. The Kier molecular flexibility index (Phi) is 1.37. The first-order valence-corrected chi connectivity index (χ1v) is 4.95. The van der Waals surface area contributed by atoms with Gasteiger partial charge in [-0.05, 0) is 23.8 Å². The molecule has 0 saturated heterocycles. The van der Waals surface area contributed by atoms with Gasteiger partial charge in [0.05, 0.1) is 0 Å². The van der Waals surface area contributed by atoms with Gasteiger partial charge >= 0.3 is 0 Å². The first-order valence-electron chi connectivity index (χ1n) is 4.95. The van der Waals surface area contributed by atoms with E-state index < -0.39 is 0 Å². The van der Waals surface area contributed by atoms with Crippen LogP contribution in [0.25, 0.3) is 0 Å². The average Bonchev–Trinajstić information content (AvgIpc) is 2.80. The fraction of sp³-hybridized carbons (Fsp3) is 0.417. The molecule has 0 N–H and O–H groups in total. The van der Waals surface area contributed by atoms with Crippen LogP contribution in [-0.4, -0.2) is 5.78 Å². The average molecular weight is 172 g/mol. The summed E-state index contributed by atoms with van der Waals surface area (Å²) in [7, 11) is 0. The number of carbonyl (C=O) groups is 1. The smallest absolute Gasteiger partial charge is 0.136 e. The molecule has 0 heterocycles. The van der Waals surface area contributed by atoms with Gasteiger partial charge in [0.2, 0.25) is 0 Å². The Morgan fingerprint density at radius 2 is 1.85 bits per heavy atom. The van der Waals surface area contributed by atoms with Crippen molar-refractivity contribution in [2.75, 3.05) is 0 Å². The molecular formula is C12H12O. The quantitative estimate of drug-likeness (QED) is 0.635. The summed E-state index contributed by atoms with van der Waals surface area (Å²) in [6.45, 7) is 0. The minimum Gasteiger partial charge on any atom is -0.299 e. The van der Waals surface area contributed by atoms with Crippen LogP contribution in [0, 0.1) is 11.8 Å². The second-order valence-corrected chi connectivity index (χ2v) is 4.13. The van der Waals surface area contributed by atoms with E-state index in [-0.39, 0.29) is 0 Å². The Bertz CT molecular complexity index is 341. The molecule has 2 aliphatic carbocycles. The van der Waals surface area contributed by atoms with Crippen LogP contribution in [0.15, 0.2) is 30.3 Å². The lowest BCUT2D eigenvalue weighted by Crippen LogP contribution is -1.98. The molecule has 0 aromatic heterocycles. The molecule has 1 nitrogen and oxygen atoms in total. The van der Waals surface area contributed by atoms with Gasteiger partial charge in [0.1, 0.15) is 5.78 Å². The molecule has 1 aromatic rings. The summed E-state index contributed by atoms with van der Waals surface area (Å²) in [4.78, 5) is 11.4. The second kappa shape index (κ2) is 2.44. The van der Waals surface area contributed by atoms with Crippen molar-refractivity contribution in [1.29, 1.82) is 0 Å². The predicted octanol–water partition coefficient (Wildman–Crippen LogP) is 2.38. The molecule has 0 spiro atoms. The largest absolute Gasteiger partial charge is 0.299 e. The minimum absolute atomic E-state index is 0.391. The first kappa shape index (κ1) is 7.31. The number of hydrogen-bond donors (Lipinski definition) is 0. The van der Waals surface area contributed by atoms with Crippen LogP contribution >= 0.6 is 0 Å². The van der Waals surface area contributed by atoms with E-state index in [4.69, 9.17) is 0 Å². The highest BCUT2D eigenvalue weighted by Gasteiger charge is 2.58. The van der Waals surface area contributed by atoms with Gasteiger partial charge < -0.3 is 0 Å². The van der Waals surface area contributed by atoms with Crippen molar-refractivity contribution in [2.45, 2.75) is 18.8 Å². The molecule has 0 unspecified atom stereocenters. The van der Waals surface area contributed by atoms with E-state index in [2.05, 4.69) is 24.3 Å². The molecule has 0 bridgehead atoms. The highest BCUT2D eigenvalue weighted by atomic mass is 16.1. The maximum atomic E-state index is 11.4. The molecule has 3 atom stereocenters. The van der Waals surface area contributed by atoms with Gasteiger partial charge in [-0.15, -0.1) is 0 Å². The first-order chi connectivity index (χ1) is 6.38. The van der Waals surface area contributed by atoms with E-state index in [1.54, 1.807) is 0 Å². The third-order valence-corrected chi connectivity index (χ3v) is 3.45. The van der Waals surface area contributed by atoms with Crippen LogP contribution in [0.5, 0.6) is 0 Å². The van der Waals surface area contributed by atoms with Crippen molar-refractivity contribution < 1.29 is 4.79 Å². The van der Waals surface area contributed by atoms with Crippen LogP contribution in [-0.2, 0) is 4.79 Å². The van der Waals surface area contributed by atoms with Gasteiger partial charge in [0, 0.05) is 12.3 Å². The van der Waals surface area contributed by atoms with E-state index in [0.29, 0.717) is 23.5 Å². The zero-order valence-corrected chi connectivity index (χ0v) is 7.44. The highest BCUT2D eigenvalue weighted by molar-refractivity contribution is 5.88. The molecule has 66 valence electrons. The number of benzene rings is 1. The van der Waals surface area contributed by atoms with Crippen LogP contribution in [0.2, 0.25) is 0 Å². The van der Waals surface area contributed by atoms with Gasteiger partial charge in [0.15, 0.2) is 0 Å². The van der Waals surface area contributed by atoms with Crippen molar-refractivity contribution in [1.82, 2.24) is 0 Å². The van der Waals surface area contributed by atoms with Crippen molar-refractivity contribution in [2.24, 2.45) is 11.8 Å². The molecule has 0 aliphatic heterocycles. The zero-order chi connectivity index (χ0) is 8.84. The predicted molar refractivity (Wildman–Crippen MR) is 50.4 cm³/mol. The van der Waals surface area contributed by atoms with Gasteiger partial charge in [-0.25, -0.2) is 0 Å². The molecule has 2 saturated carbocycles. The number of carbonyl (C=O) groups excluding carboxylic acids is 1. The number of rotatable bonds is 1. The van der Waals surface area contributed by atoms with Crippen LogP contribution < -0.4 is 0 Å². The number of fused-ring (bicyclic) bond motifs is 1. The van der Waals surface area contributed by atoms with E-state index in [1.807, 2.05) is 6.07 Å². The molecule has 1 heteroatoms. The van der Waals surface area contributed by atoms with Crippen LogP contribution in [0.4, 0.5) is 0 Å². The minimum atomic E-state index is 0.391. The molecule has 1 aromatic carbocycles. The topological polar surface area (TPSA) is 17.1 Å². The lowest BCUT2D eigenvalue weighted by molar-refractivity contribution is -0.119. The molecule has 0 amide bonds. The molecule has 2 fully saturated rings. The van der Waals surface area contributed by atoms with Crippen molar-refractivity contribution in [3.63, 3.8) is 0 Å². The summed E-state index contributed by atoms with van der Waals surface area (Å²) >= 11 is 0. The summed E-state index contributed by atoms with van der Waals surface area (Å²) in [6.07, 6.45) is 1.96. The van der Waals surface area contributed by atoms with E-state index in [0.717, 1.165) is 12.8 Å². The Hall–Kier alpha value is -1.11. The lowest BCUT2D eigenvalue weighted by Gasteiger charge is -2.01. The van der Waals surface area contributed by atoms with Crippen molar-refractivity contribution in [3.05, 3.63) is 35.9 Å². The number of ketones is 1. The molecule has 3 rings (SSSR count). The summed E-state index contributed by atoms with van der Waals surface area (Å²) in [5, 5.41) is 0. The standard InChI is InChI=1S/C12H12O/c13-10-7-6-9-11(12(9)10)8-4-2-1-3-5-8/h1-5,9,11-12H,6-7H2/t9-,11-,12+/m1/s1. The van der Waals surface area contributed by atoms with Gasteiger partial charge in [-0.1, -0.05) is 30.3 Å². The molecule has 0 radical (unpaired) electrons. The van der Waals surface area contributed by atoms with Crippen molar-refractivity contribution in [3.8, 4) is 0 Å². The van der Waals surface area contributed by atoms with Gasteiger partial charge in [-0.3, -0.25) is 4.79 Å². The Labute approximate surface area is 77.8 Å². The summed E-state index contributed by atoms with van der Waals surface area (Å²) in [5.41, 5.74) is 1.37. The number of Topliss-reactive ketones (excluding diaryl/α,β-unsaturated/α-hetero) is 1. The third-order valence-electron chi connectivity index (χ3n) is 3.45. The fourth-order valence-corrected chi connectivity index (χ4v) is 2.78. The van der Waals surface area contributed by atoms with Crippen LogP contribution in [0.1, 0.15) is 24.3 Å². The Balaban J connectivity index is 1.88. The monoisotopic (exact) mass is 172 g/mol. The molecule has 13 heavy (non-hydrogen) atoms. The Morgan fingerprint density at radius 3 is 2.46 bits per heavy atom. The normalized spacial score (nSPS) is 36.0. The fourth-order valence-electron chi connectivity index (χ4n) is 2.78. The molecule has 2 aliphatic rings. The maximum Gasteiger partial charge on any atom is 0.136 e. The maximum absolute atomic E-state index is 11.4. The zero-order valence-electron chi connectivity index (χ0n) is 7.44. The summed E-state index contributed by atoms with van der Waals surface area (Å²) in [5.74, 6) is 2.15. The lowest BCUT2D eigenvalue weighted by atomic mass is 10.0. The van der Waals surface area contributed by atoms with E-state index in [1.165, 1.54) is 5.56 Å². The van der Waals surface area contributed by atoms with Crippen molar-refractivity contribution >= 4 is 5.78 Å². The van der Waals surface area contributed by atoms with Gasteiger partial charge in [0.25, 0.3) is 0 Å². The van der Waals surface area contributed by atoms with Crippen LogP contribution in [0.3, 0.4) is 0 Å². The van der Waals surface area contributed by atoms with E-state index >= 15 is 0 Å². The molecular weight excluding hydrogens is 160 g/mol. The highest BCUT2D eigenvalue weighted by Crippen LogP contribution is 2.61. The second-order valence-electron chi connectivity index (χ2n) is 4.13. The third kappa shape index (κ3) is 0.963. The summed E-state index contributed by atoms with van der Waals surface area (Å²) < 4.78 is 0. The Morgan fingerprint density at radius 1 is 1.08 bits per heavy atom. The van der Waals surface area contributed by atoms with Gasteiger partial charge in [-0.2, -0.15) is 0 Å². The summed E-state index contributed by atoms with van der Waals surface area (Å²) in [6, 6.07) is 10.5. The van der Waals surface area contributed by atoms with E-state index in [9.17, 15) is 4.79 Å².